The van der Waals surface area contributed by atoms with E-state index >= 15 is 0 Å². The first-order valence-corrected chi connectivity index (χ1v) is 7.65. The van der Waals surface area contributed by atoms with Crippen molar-refractivity contribution in [1.82, 2.24) is 19.4 Å². The van der Waals surface area contributed by atoms with E-state index < -0.39 is 5.54 Å². The summed E-state index contributed by atoms with van der Waals surface area (Å²) in [5.74, 6) is -0.0133. The van der Waals surface area contributed by atoms with Crippen LogP contribution >= 0.6 is 11.8 Å². The minimum atomic E-state index is -0.607. The number of rotatable bonds is 5. The van der Waals surface area contributed by atoms with Crippen molar-refractivity contribution in [2.24, 2.45) is 7.05 Å². The molecule has 20 heavy (non-hydrogen) atoms. The fourth-order valence-electron chi connectivity index (χ4n) is 1.99. The maximum atomic E-state index is 12.4. The van der Waals surface area contributed by atoms with E-state index in [1.165, 1.54) is 0 Å². The summed E-state index contributed by atoms with van der Waals surface area (Å²) in [6, 6.07) is 3.84. The van der Waals surface area contributed by atoms with Crippen LogP contribution in [0.15, 0.2) is 35.9 Å². The largest absolute Gasteiger partial charge is 0.348 e. The van der Waals surface area contributed by atoms with Gasteiger partial charge in [-0.2, -0.15) is 0 Å². The van der Waals surface area contributed by atoms with Gasteiger partial charge in [0.05, 0.1) is 18.4 Å². The van der Waals surface area contributed by atoms with E-state index in [2.05, 4.69) is 10.3 Å². The van der Waals surface area contributed by atoms with Crippen LogP contribution in [0.1, 0.15) is 19.5 Å². The fourth-order valence-corrected chi connectivity index (χ4v) is 2.54. The van der Waals surface area contributed by atoms with Crippen LogP contribution in [0.25, 0.3) is 0 Å². The SMILES string of the molecule is CSc1ncc(CNC(=O)C(C)(C)n2cccc2)n1C. The maximum Gasteiger partial charge on any atom is 0.245 e. The normalized spacial score (nSPS) is 11.6. The summed E-state index contributed by atoms with van der Waals surface area (Å²) in [4.78, 5) is 16.7. The van der Waals surface area contributed by atoms with Crippen molar-refractivity contribution in [2.45, 2.75) is 31.1 Å². The first-order chi connectivity index (χ1) is 9.46. The fraction of sp³-hybridized carbons (Fsp3) is 0.429. The van der Waals surface area contributed by atoms with Crippen LogP contribution in [0, 0.1) is 0 Å². The zero-order valence-corrected chi connectivity index (χ0v) is 13.1. The molecule has 0 spiro atoms. The quantitative estimate of drug-likeness (QED) is 0.858. The molecule has 2 aromatic rings. The number of amides is 1. The van der Waals surface area contributed by atoms with Crippen LogP contribution in [0.2, 0.25) is 0 Å². The highest BCUT2D eigenvalue weighted by atomic mass is 32.2. The van der Waals surface area contributed by atoms with E-state index in [1.807, 2.05) is 60.8 Å². The molecule has 6 heteroatoms. The molecule has 0 bridgehead atoms. The molecular formula is C14H20N4OS. The second kappa shape index (κ2) is 5.75. The van der Waals surface area contributed by atoms with E-state index in [0.29, 0.717) is 6.54 Å². The van der Waals surface area contributed by atoms with E-state index in [-0.39, 0.29) is 5.91 Å². The van der Waals surface area contributed by atoms with E-state index in [9.17, 15) is 4.79 Å². The molecule has 0 atom stereocenters. The van der Waals surface area contributed by atoms with E-state index in [4.69, 9.17) is 0 Å². The smallest absolute Gasteiger partial charge is 0.245 e. The minimum Gasteiger partial charge on any atom is -0.348 e. The molecule has 1 amide bonds. The summed E-state index contributed by atoms with van der Waals surface area (Å²) in [5.41, 5.74) is 0.385. The van der Waals surface area contributed by atoms with Gasteiger partial charge < -0.3 is 14.5 Å². The lowest BCUT2D eigenvalue weighted by Crippen LogP contribution is -2.43. The third-order valence-electron chi connectivity index (χ3n) is 3.46. The Hall–Kier alpha value is -1.69. The summed E-state index contributed by atoms with van der Waals surface area (Å²) in [7, 11) is 1.96. The standard InChI is InChI=1S/C14H20N4OS/c1-14(2,18-7-5-6-8-18)12(19)15-9-11-10-16-13(20-4)17(11)3/h5-8,10H,9H2,1-4H3,(H,15,19). The molecule has 5 nitrogen and oxygen atoms in total. The van der Waals surface area contributed by atoms with Gasteiger partial charge in [-0.25, -0.2) is 4.98 Å². The number of hydrogen-bond acceptors (Lipinski definition) is 3. The van der Waals surface area contributed by atoms with Gasteiger partial charge in [-0.3, -0.25) is 4.79 Å². The van der Waals surface area contributed by atoms with Gasteiger partial charge in [-0.15, -0.1) is 0 Å². The molecule has 2 heterocycles. The Labute approximate surface area is 123 Å². The molecule has 0 saturated carbocycles. The average Bonchev–Trinajstić information content (AvgIpc) is 3.06. The molecule has 0 fully saturated rings. The predicted octanol–water partition coefficient (Wildman–Crippen LogP) is 1.99. The highest BCUT2D eigenvalue weighted by Gasteiger charge is 2.28. The molecule has 0 radical (unpaired) electrons. The minimum absolute atomic E-state index is 0.0133. The molecule has 108 valence electrons. The Kier molecular flexibility index (Phi) is 4.23. The molecule has 0 aliphatic heterocycles. The number of thioether (sulfide) groups is 1. The van der Waals surface area contributed by atoms with Gasteiger partial charge in [-0.1, -0.05) is 11.8 Å². The highest BCUT2D eigenvalue weighted by molar-refractivity contribution is 7.98. The summed E-state index contributed by atoms with van der Waals surface area (Å²) in [6.07, 6.45) is 7.58. The molecule has 2 aromatic heterocycles. The van der Waals surface area contributed by atoms with Gasteiger partial charge in [0.1, 0.15) is 5.54 Å². The van der Waals surface area contributed by atoms with Gasteiger partial charge in [0.25, 0.3) is 0 Å². The van der Waals surface area contributed by atoms with Gasteiger partial charge >= 0.3 is 0 Å². The van der Waals surface area contributed by atoms with Crippen molar-refractivity contribution >= 4 is 17.7 Å². The van der Waals surface area contributed by atoms with Crippen molar-refractivity contribution in [2.75, 3.05) is 6.26 Å². The van der Waals surface area contributed by atoms with Crippen molar-refractivity contribution < 1.29 is 4.79 Å². The third-order valence-corrected chi connectivity index (χ3v) is 4.20. The highest BCUT2D eigenvalue weighted by Crippen LogP contribution is 2.17. The van der Waals surface area contributed by atoms with E-state index in [1.54, 1.807) is 18.0 Å². The molecule has 0 aliphatic carbocycles. The lowest BCUT2D eigenvalue weighted by atomic mass is 10.0. The topological polar surface area (TPSA) is 51.9 Å². The average molecular weight is 292 g/mol. The van der Waals surface area contributed by atoms with Crippen LogP contribution in [-0.4, -0.2) is 26.3 Å². The molecule has 0 aliphatic rings. The summed E-state index contributed by atoms with van der Waals surface area (Å²) in [5, 5.41) is 3.92. The Morgan fingerprint density at radius 2 is 2.05 bits per heavy atom. The molecule has 2 rings (SSSR count). The van der Waals surface area contributed by atoms with Gasteiger partial charge in [0.15, 0.2) is 5.16 Å². The van der Waals surface area contributed by atoms with Crippen molar-refractivity contribution in [1.29, 1.82) is 0 Å². The lowest BCUT2D eigenvalue weighted by molar-refractivity contribution is -0.128. The van der Waals surface area contributed by atoms with E-state index in [0.717, 1.165) is 10.9 Å². The van der Waals surface area contributed by atoms with Gasteiger partial charge in [0, 0.05) is 19.4 Å². The third kappa shape index (κ3) is 2.75. The Balaban J connectivity index is 2.03. The van der Waals surface area contributed by atoms with Gasteiger partial charge in [-0.05, 0) is 32.2 Å². The van der Waals surface area contributed by atoms with Crippen molar-refractivity contribution in [3.8, 4) is 0 Å². The summed E-state index contributed by atoms with van der Waals surface area (Å²) in [6.45, 7) is 4.28. The molecule has 0 unspecified atom stereocenters. The lowest BCUT2D eigenvalue weighted by Gasteiger charge is -2.25. The number of carbonyl (C=O) groups excluding carboxylic acids is 1. The Morgan fingerprint density at radius 3 is 2.60 bits per heavy atom. The van der Waals surface area contributed by atoms with Crippen molar-refractivity contribution in [3.05, 3.63) is 36.4 Å². The van der Waals surface area contributed by atoms with Crippen LogP contribution in [0.5, 0.6) is 0 Å². The molecule has 1 N–H and O–H groups in total. The number of carbonyl (C=O) groups is 1. The second-order valence-electron chi connectivity index (χ2n) is 5.13. The monoisotopic (exact) mass is 292 g/mol. The molecular weight excluding hydrogens is 272 g/mol. The van der Waals surface area contributed by atoms with Crippen LogP contribution in [0.3, 0.4) is 0 Å². The number of imidazole rings is 1. The van der Waals surface area contributed by atoms with Crippen LogP contribution in [-0.2, 0) is 23.9 Å². The number of nitrogens with zero attached hydrogens (tertiary/aromatic N) is 3. The number of aromatic nitrogens is 3. The molecule has 0 saturated heterocycles. The van der Waals surface area contributed by atoms with Crippen LogP contribution < -0.4 is 5.32 Å². The zero-order valence-electron chi connectivity index (χ0n) is 12.3. The summed E-state index contributed by atoms with van der Waals surface area (Å²) >= 11 is 1.59. The molecule has 0 aromatic carbocycles. The zero-order chi connectivity index (χ0) is 14.8. The maximum absolute atomic E-state index is 12.4. The first kappa shape index (κ1) is 14.7. The number of hydrogen-bond donors (Lipinski definition) is 1. The Morgan fingerprint density at radius 1 is 1.40 bits per heavy atom. The van der Waals surface area contributed by atoms with Gasteiger partial charge in [0.2, 0.25) is 5.91 Å². The Bertz CT molecular complexity index is 586. The predicted molar refractivity (Wildman–Crippen MR) is 80.6 cm³/mol. The second-order valence-corrected chi connectivity index (χ2v) is 5.90. The van der Waals surface area contributed by atoms with Crippen molar-refractivity contribution in [3.63, 3.8) is 0 Å². The summed E-state index contributed by atoms with van der Waals surface area (Å²) < 4.78 is 3.90. The first-order valence-electron chi connectivity index (χ1n) is 6.43. The number of nitrogens with one attached hydrogen (secondary N) is 1. The van der Waals surface area contributed by atoms with Crippen LogP contribution in [0.4, 0.5) is 0 Å².